The van der Waals surface area contributed by atoms with Crippen LogP contribution in [0.1, 0.15) is 84.9 Å². The monoisotopic (exact) mass is 394 g/mol. The molecule has 0 fully saturated rings. The van der Waals surface area contributed by atoms with Gasteiger partial charge in [-0.15, -0.1) is 0 Å². The van der Waals surface area contributed by atoms with Crippen molar-refractivity contribution < 1.29 is 19.1 Å². The molecular weight excluding hydrogens is 364 g/mol. The molecule has 0 unspecified atom stereocenters. The molecule has 0 amide bonds. The lowest BCUT2D eigenvalue weighted by Crippen LogP contribution is -2.34. The number of ether oxygens (including phenoxy) is 2. The molecule has 0 spiro atoms. The number of carbonyl (C=O) groups is 2. The third kappa shape index (κ3) is 4.21. The van der Waals surface area contributed by atoms with E-state index in [1.165, 1.54) is 11.1 Å². The molecule has 4 heteroatoms. The van der Waals surface area contributed by atoms with E-state index in [9.17, 15) is 9.59 Å². The quantitative estimate of drug-likeness (QED) is 0.490. The van der Waals surface area contributed by atoms with Crippen molar-refractivity contribution in [3.63, 3.8) is 0 Å². The summed E-state index contributed by atoms with van der Waals surface area (Å²) < 4.78 is 10.7. The average molecular weight is 395 g/mol. The summed E-state index contributed by atoms with van der Waals surface area (Å²) in [4.78, 5) is 24.7. The van der Waals surface area contributed by atoms with E-state index in [1.807, 2.05) is 19.1 Å². The number of hydrogen-bond donors (Lipinski definition) is 0. The van der Waals surface area contributed by atoms with E-state index in [1.54, 1.807) is 25.1 Å². The molecule has 154 valence electrons. The van der Waals surface area contributed by atoms with E-state index in [2.05, 4.69) is 33.8 Å². The Morgan fingerprint density at radius 1 is 0.862 bits per heavy atom. The predicted molar refractivity (Wildman–Crippen MR) is 114 cm³/mol. The minimum absolute atomic E-state index is 0.0261. The smallest absolute Gasteiger partial charge is 0.343 e. The van der Waals surface area contributed by atoms with Crippen molar-refractivity contribution in [1.29, 1.82) is 0 Å². The summed E-state index contributed by atoms with van der Waals surface area (Å²) in [6, 6.07) is 10.9. The molecule has 3 rings (SSSR count). The molecule has 1 aliphatic rings. The Balaban J connectivity index is 1.86. The van der Waals surface area contributed by atoms with E-state index in [0.717, 1.165) is 12.8 Å². The summed E-state index contributed by atoms with van der Waals surface area (Å²) in [5, 5.41) is 0. The van der Waals surface area contributed by atoms with Crippen molar-refractivity contribution in [3.05, 3.63) is 64.2 Å². The fourth-order valence-electron chi connectivity index (χ4n) is 3.98. The van der Waals surface area contributed by atoms with Crippen LogP contribution < -0.4 is 4.74 Å². The second-order valence-corrected chi connectivity index (χ2v) is 9.12. The zero-order valence-corrected chi connectivity index (χ0v) is 18.2. The molecule has 4 nitrogen and oxygen atoms in total. The highest BCUT2D eigenvalue weighted by molar-refractivity contribution is 5.92. The summed E-state index contributed by atoms with van der Waals surface area (Å²) in [5.74, 6) is -0.327. The lowest BCUT2D eigenvalue weighted by atomic mass is 9.63. The molecule has 0 atom stereocenters. The van der Waals surface area contributed by atoms with E-state index in [4.69, 9.17) is 9.47 Å². The summed E-state index contributed by atoms with van der Waals surface area (Å²) >= 11 is 0. The summed E-state index contributed by atoms with van der Waals surface area (Å²) in [7, 11) is 0. The Morgan fingerprint density at radius 3 is 2.07 bits per heavy atom. The number of hydrogen-bond acceptors (Lipinski definition) is 4. The van der Waals surface area contributed by atoms with Crippen LogP contribution in [0.5, 0.6) is 5.75 Å². The first-order valence-electron chi connectivity index (χ1n) is 10.2. The van der Waals surface area contributed by atoms with E-state index < -0.39 is 0 Å². The highest BCUT2D eigenvalue weighted by Gasteiger charge is 2.37. The molecule has 0 radical (unpaired) electrons. The summed E-state index contributed by atoms with van der Waals surface area (Å²) in [6.45, 7) is 12.9. The van der Waals surface area contributed by atoms with Crippen LogP contribution in [0.15, 0.2) is 36.4 Å². The minimum Gasteiger partial charge on any atom is -0.462 e. The predicted octanol–water partition coefficient (Wildman–Crippen LogP) is 5.74. The van der Waals surface area contributed by atoms with Gasteiger partial charge in [-0.25, -0.2) is 9.59 Å². The van der Waals surface area contributed by atoms with Gasteiger partial charge in [-0.05, 0) is 84.5 Å². The number of rotatable bonds is 4. The molecule has 0 N–H and O–H groups in total. The third-order valence-corrected chi connectivity index (χ3v) is 5.98. The fourth-order valence-corrected chi connectivity index (χ4v) is 3.98. The number of benzene rings is 2. The Morgan fingerprint density at radius 2 is 1.45 bits per heavy atom. The van der Waals surface area contributed by atoms with Crippen molar-refractivity contribution in [1.82, 2.24) is 0 Å². The molecule has 1 aliphatic carbocycles. The van der Waals surface area contributed by atoms with E-state index in [0.29, 0.717) is 29.0 Å². The zero-order valence-electron chi connectivity index (χ0n) is 18.2. The van der Waals surface area contributed by atoms with Gasteiger partial charge in [0.05, 0.1) is 17.7 Å². The second kappa shape index (κ2) is 7.66. The maximum Gasteiger partial charge on any atom is 0.343 e. The minimum atomic E-state index is -0.390. The largest absolute Gasteiger partial charge is 0.462 e. The molecule has 0 aromatic heterocycles. The number of fused-ring (bicyclic) bond motifs is 1. The van der Waals surface area contributed by atoms with Crippen LogP contribution in [-0.2, 0) is 15.6 Å². The van der Waals surface area contributed by atoms with Gasteiger partial charge in [-0.1, -0.05) is 33.8 Å². The van der Waals surface area contributed by atoms with Gasteiger partial charge in [-0.2, -0.15) is 0 Å². The van der Waals surface area contributed by atoms with Gasteiger partial charge in [0.1, 0.15) is 5.75 Å². The number of aryl methyl sites for hydroxylation is 1. The standard InChI is InChI=1S/C25H30O4/c1-7-28-22(26)17-9-11-21(16(2)14-17)29-23(27)18-8-10-19-20(15-18)25(5,6)13-12-24(19,3)4/h8-11,14-15H,7,12-13H2,1-6H3. The molecule has 29 heavy (non-hydrogen) atoms. The van der Waals surface area contributed by atoms with Gasteiger partial charge in [-0.3, -0.25) is 0 Å². The Hall–Kier alpha value is -2.62. The lowest BCUT2D eigenvalue weighted by molar-refractivity contribution is 0.0526. The van der Waals surface area contributed by atoms with E-state index in [-0.39, 0.29) is 22.8 Å². The second-order valence-electron chi connectivity index (χ2n) is 9.12. The number of carbonyl (C=O) groups excluding carboxylic acids is 2. The molecule has 0 heterocycles. The van der Waals surface area contributed by atoms with Gasteiger partial charge < -0.3 is 9.47 Å². The van der Waals surface area contributed by atoms with Crippen LogP contribution in [0, 0.1) is 6.92 Å². The van der Waals surface area contributed by atoms with Gasteiger partial charge in [0, 0.05) is 0 Å². The Bertz CT molecular complexity index is 953. The highest BCUT2D eigenvalue weighted by Crippen LogP contribution is 2.45. The highest BCUT2D eigenvalue weighted by atomic mass is 16.5. The van der Waals surface area contributed by atoms with Crippen LogP contribution >= 0.6 is 0 Å². The van der Waals surface area contributed by atoms with E-state index >= 15 is 0 Å². The molecule has 2 aromatic carbocycles. The molecule has 2 aromatic rings. The molecule has 0 bridgehead atoms. The fraction of sp³-hybridized carbons (Fsp3) is 0.440. The van der Waals surface area contributed by atoms with Crippen molar-refractivity contribution in [2.24, 2.45) is 0 Å². The maximum absolute atomic E-state index is 12.8. The van der Waals surface area contributed by atoms with Crippen LogP contribution in [0.25, 0.3) is 0 Å². The zero-order chi connectivity index (χ0) is 21.4. The average Bonchev–Trinajstić information content (AvgIpc) is 2.67. The van der Waals surface area contributed by atoms with Crippen molar-refractivity contribution >= 4 is 11.9 Å². The summed E-state index contributed by atoms with van der Waals surface area (Å²) in [6.07, 6.45) is 2.21. The first-order valence-corrected chi connectivity index (χ1v) is 10.2. The Kier molecular flexibility index (Phi) is 5.57. The van der Waals surface area contributed by atoms with Crippen LogP contribution in [0.2, 0.25) is 0 Å². The van der Waals surface area contributed by atoms with Crippen molar-refractivity contribution in [3.8, 4) is 5.75 Å². The molecule has 0 saturated carbocycles. The lowest BCUT2D eigenvalue weighted by Gasteiger charge is -2.41. The van der Waals surface area contributed by atoms with Crippen molar-refractivity contribution in [2.75, 3.05) is 6.61 Å². The first kappa shape index (κ1) is 21.1. The van der Waals surface area contributed by atoms with Gasteiger partial charge in [0.15, 0.2) is 0 Å². The van der Waals surface area contributed by atoms with Crippen LogP contribution in [0.3, 0.4) is 0 Å². The van der Waals surface area contributed by atoms with Gasteiger partial charge >= 0.3 is 11.9 Å². The maximum atomic E-state index is 12.8. The molecule has 0 aliphatic heterocycles. The third-order valence-electron chi connectivity index (χ3n) is 5.98. The van der Waals surface area contributed by atoms with Crippen LogP contribution in [0.4, 0.5) is 0 Å². The topological polar surface area (TPSA) is 52.6 Å². The first-order chi connectivity index (χ1) is 13.5. The van der Waals surface area contributed by atoms with Crippen molar-refractivity contribution in [2.45, 2.75) is 65.2 Å². The Labute approximate surface area is 173 Å². The molecule has 0 saturated heterocycles. The van der Waals surface area contributed by atoms with Gasteiger partial charge in [0.25, 0.3) is 0 Å². The van der Waals surface area contributed by atoms with Crippen LogP contribution in [-0.4, -0.2) is 18.5 Å². The number of esters is 2. The normalized spacial score (nSPS) is 16.6. The van der Waals surface area contributed by atoms with Gasteiger partial charge in [0.2, 0.25) is 0 Å². The summed E-state index contributed by atoms with van der Waals surface area (Å²) in [5.41, 5.74) is 4.36. The SMILES string of the molecule is CCOC(=O)c1ccc(OC(=O)c2ccc3c(c2)C(C)(C)CCC3(C)C)c(C)c1. The molecular formula is C25H30O4.